The second-order valence-corrected chi connectivity index (χ2v) is 3.62. The minimum Gasteiger partial charge on any atom is -0.499 e. The van der Waals surface area contributed by atoms with Crippen molar-refractivity contribution in [3.63, 3.8) is 0 Å². The number of hydrogen-bond donors (Lipinski definition) is 1. The molecular weight excluding hydrogens is 226 g/mol. The summed E-state index contributed by atoms with van der Waals surface area (Å²) in [4.78, 5) is 3.90. The fourth-order valence-electron chi connectivity index (χ4n) is 0.900. The van der Waals surface area contributed by atoms with E-state index < -0.39 is 0 Å². The summed E-state index contributed by atoms with van der Waals surface area (Å²) >= 11 is 1.33. The van der Waals surface area contributed by atoms with E-state index in [1.165, 1.54) is 11.3 Å². The third kappa shape index (κ3) is 4.18. The minimum absolute atomic E-state index is 0.384. The van der Waals surface area contributed by atoms with Crippen molar-refractivity contribution in [3.8, 4) is 16.7 Å². The first-order chi connectivity index (χ1) is 7.76. The second-order valence-electron chi connectivity index (χ2n) is 2.69. The molecule has 1 N–H and O–H groups in total. The van der Waals surface area contributed by atoms with Gasteiger partial charge in [0.2, 0.25) is 5.88 Å². The van der Waals surface area contributed by atoms with Gasteiger partial charge in [-0.05, 0) is 23.6 Å². The average molecular weight is 239 g/mol. The van der Waals surface area contributed by atoms with Crippen molar-refractivity contribution in [2.75, 3.05) is 14.2 Å². The molecule has 0 spiro atoms. The van der Waals surface area contributed by atoms with E-state index in [2.05, 4.69) is 4.98 Å². The summed E-state index contributed by atoms with van der Waals surface area (Å²) in [7, 11) is 3.18. The van der Waals surface area contributed by atoms with E-state index >= 15 is 0 Å². The summed E-state index contributed by atoms with van der Waals surface area (Å²) in [5.74, 6) is 1.33. The predicted molar refractivity (Wildman–Crippen MR) is 63.3 cm³/mol. The molecule has 0 amide bonds. The zero-order valence-corrected chi connectivity index (χ0v) is 9.90. The van der Waals surface area contributed by atoms with E-state index in [1.54, 1.807) is 44.7 Å². The molecular formula is C11H13NO3S. The number of rotatable bonds is 2. The number of nitrogens with zero attached hydrogens (tertiary/aromatic N) is 1. The van der Waals surface area contributed by atoms with Gasteiger partial charge in [-0.1, -0.05) is 0 Å². The second kappa shape index (κ2) is 6.68. The van der Waals surface area contributed by atoms with Crippen molar-refractivity contribution in [3.05, 3.63) is 35.8 Å². The molecule has 0 aliphatic heterocycles. The van der Waals surface area contributed by atoms with Crippen LogP contribution in [-0.2, 0) is 0 Å². The molecule has 0 aromatic carbocycles. The maximum Gasteiger partial charge on any atom is 0.216 e. The van der Waals surface area contributed by atoms with Gasteiger partial charge in [-0.2, -0.15) is 0 Å². The van der Waals surface area contributed by atoms with Crippen molar-refractivity contribution in [1.82, 2.24) is 4.98 Å². The quantitative estimate of drug-likeness (QED) is 0.875. The average Bonchev–Trinajstić information content (AvgIpc) is 2.81. The molecule has 0 radical (unpaired) electrons. The first-order valence-corrected chi connectivity index (χ1v) is 5.40. The number of thiophene rings is 1. The summed E-state index contributed by atoms with van der Waals surface area (Å²) < 4.78 is 9.80. The van der Waals surface area contributed by atoms with Gasteiger partial charge in [0.1, 0.15) is 5.75 Å². The fraction of sp³-hybridized carbons (Fsp3) is 0.182. The first-order valence-electron chi connectivity index (χ1n) is 4.52. The molecule has 0 aliphatic carbocycles. The predicted octanol–water partition coefficient (Wildman–Crippen LogP) is 2.55. The van der Waals surface area contributed by atoms with Gasteiger partial charge >= 0.3 is 0 Å². The van der Waals surface area contributed by atoms with Crippen LogP contribution in [0.3, 0.4) is 0 Å². The number of pyridine rings is 1. The Morgan fingerprint density at radius 3 is 2.50 bits per heavy atom. The summed E-state index contributed by atoms with van der Waals surface area (Å²) in [5, 5.41) is 10.7. The Kier molecular flexibility index (Phi) is 5.15. The van der Waals surface area contributed by atoms with Gasteiger partial charge in [0, 0.05) is 12.3 Å². The number of methoxy groups -OCH3 is 2. The molecule has 86 valence electrons. The third-order valence-electron chi connectivity index (χ3n) is 1.66. The van der Waals surface area contributed by atoms with E-state index in [0.29, 0.717) is 10.9 Å². The van der Waals surface area contributed by atoms with Crippen molar-refractivity contribution in [2.45, 2.75) is 0 Å². The Hall–Kier alpha value is -1.75. The Labute approximate surface area is 98.1 Å². The lowest BCUT2D eigenvalue weighted by atomic mass is 10.4. The van der Waals surface area contributed by atoms with Crippen LogP contribution < -0.4 is 9.47 Å². The Bertz CT molecular complexity index is 384. The maximum absolute atomic E-state index is 8.49. The van der Waals surface area contributed by atoms with Crippen LogP contribution in [-0.4, -0.2) is 24.3 Å². The largest absolute Gasteiger partial charge is 0.499 e. The Morgan fingerprint density at radius 2 is 2.06 bits per heavy atom. The van der Waals surface area contributed by atoms with E-state index in [1.807, 2.05) is 5.38 Å². The van der Waals surface area contributed by atoms with Crippen LogP contribution in [0.25, 0.3) is 0 Å². The molecule has 0 saturated carbocycles. The number of aromatic nitrogens is 1. The van der Waals surface area contributed by atoms with Crippen LogP contribution in [0.4, 0.5) is 0 Å². The molecule has 5 heteroatoms. The fourth-order valence-corrected chi connectivity index (χ4v) is 1.35. The molecule has 0 fully saturated rings. The zero-order valence-electron chi connectivity index (χ0n) is 9.08. The molecule has 16 heavy (non-hydrogen) atoms. The maximum atomic E-state index is 8.49. The minimum atomic E-state index is 0.384. The number of hydrogen-bond acceptors (Lipinski definition) is 5. The summed E-state index contributed by atoms with van der Waals surface area (Å²) in [5.41, 5.74) is 0. The van der Waals surface area contributed by atoms with Gasteiger partial charge in [0.15, 0.2) is 5.06 Å². The van der Waals surface area contributed by atoms with Crippen LogP contribution in [0.1, 0.15) is 0 Å². The Morgan fingerprint density at radius 1 is 1.25 bits per heavy atom. The SMILES string of the molecule is COc1ccnc(OC)c1.Oc1cccs1. The van der Waals surface area contributed by atoms with E-state index in [0.717, 1.165) is 5.75 Å². The third-order valence-corrected chi connectivity index (χ3v) is 2.33. The monoisotopic (exact) mass is 239 g/mol. The van der Waals surface area contributed by atoms with Gasteiger partial charge in [-0.3, -0.25) is 0 Å². The normalized spacial score (nSPS) is 8.88. The molecule has 0 atom stereocenters. The van der Waals surface area contributed by atoms with E-state index in [4.69, 9.17) is 14.6 Å². The van der Waals surface area contributed by atoms with Crippen LogP contribution in [0, 0.1) is 0 Å². The van der Waals surface area contributed by atoms with Crippen molar-refractivity contribution in [1.29, 1.82) is 0 Å². The molecule has 0 bridgehead atoms. The molecule has 2 aromatic heterocycles. The van der Waals surface area contributed by atoms with Gasteiger partial charge in [-0.15, -0.1) is 11.3 Å². The van der Waals surface area contributed by atoms with Crippen molar-refractivity contribution in [2.24, 2.45) is 0 Å². The van der Waals surface area contributed by atoms with E-state index in [-0.39, 0.29) is 0 Å². The zero-order chi connectivity index (χ0) is 11.8. The van der Waals surface area contributed by atoms with Gasteiger partial charge < -0.3 is 14.6 Å². The summed E-state index contributed by atoms with van der Waals surface area (Å²) in [6, 6.07) is 6.95. The Balaban J connectivity index is 0.000000181. The highest BCUT2D eigenvalue weighted by Gasteiger charge is 1.93. The van der Waals surface area contributed by atoms with Crippen LogP contribution in [0.15, 0.2) is 35.8 Å². The van der Waals surface area contributed by atoms with Crippen LogP contribution >= 0.6 is 11.3 Å². The lowest BCUT2D eigenvalue weighted by Gasteiger charge is -2.00. The van der Waals surface area contributed by atoms with E-state index in [9.17, 15) is 0 Å². The summed E-state index contributed by atoms with van der Waals surface area (Å²) in [6.45, 7) is 0. The first kappa shape index (κ1) is 12.3. The smallest absolute Gasteiger partial charge is 0.216 e. The highest BCUT2D eigenvalue weighted by molar-refractivity contribution is 7.11. The highest BCUT2D eigenvalue weighted by Crippen LogP contribution is 2.14. The number of ether oxygens (including phenoxy) is 2. The van der Waals surface area contributed by atoms with Gasteiger partial charge in [0.05, 0.1) is 14.2 Å². The summed E-state index contributed by atoms with van der Waals surface area (Å²) in [6.07, 6.45) is 1.64. The van der Waals surface area contributed by atoms with Gasteiger partial charge in [-0.25, -0.2) is 4.98 Å². The molecule has 0 saturated heterocycles. The molecule has 0 unspecified atom stereocenters. The molecule has 2 aromatic rings. The molecule has 4 nitrogen and oxygen atoms in total. The lowest BCUT2D eigenvalue weighted by molar-refractivity contribution is 0.382. The molecule has 2 heterocycles. The van der Waals surface area contributed by atoms with Crippen molar-refractivity contribution < 1.29 is 14.6 Å². The van der Waals surface area contributed by atoms with Crippen molar-refractivity contribution >= 4 is 11.3 Å². The molecule has 2 rings (SSSR count). The lowest BCUT2D eigenvalue weighted by Crippen LogP contribution is -1.88. The standard InChI is InChI=1S/C7H9NO2.C4H4OS/c1-9-6-3-4-8-7(5-6)10-2;5-4-2-1-3-6-4/h3-5H,1-2H3;1-3,5H. The molecule has 0 aliphatic rings. The van der Waals surface area contributed by atoms with Gasteiger partial charge in [0.25, 0.3) is 0 Å². The number of aromatic hydroxyl groups is 1. The van der Waals surface area contributed by atoms with Crippen LogP contribution in [0.2, 0.25) is 0 Å². The van der Waals surface area contributed by atoms with Crippen LogP contribution in [0.5, 0.6) is 16.7 Å². The topological polar surface area (TPSA) is 51.6 Å². The highest BCUT2D eigenvalue weighted by atomic mass is 32.1.